The minimum absolute atomic E-state index is 0.841. The van der Waals surface area contributed by atoms with Crippen molar-refractivity contribution in [1.82, 2.24) is 14.8 Å². The summed E-state index contributed by atoms with van der Waals surface area (Å²) in [4.78, 5) is 10.4. The van der Waals surface area contributed by atoms with Gasteiger partial charge in [-0.2, -0.15) is 0 Å². The van der Waals surface area contributed by atoms with Crippen molar-refractivity contribution in [2.24, 2.45) is 0 Å². The highest BCUT2D eigenvalue weighted by molar-refractivity contribution is 5.83. The van der Waals surface area contributed by atoms with Crippen LogP contribution in [-0.2, 0) is 6.54 Å². The molecule has 1 aromatic heterocycles. The maximum atomic E-state index is 5.06. The largest absolute Gasteiger partial charge is 0.298 e. The van der Waals surface area contributed by atoms with Gasteiger partial charge in [-0.3, -0.25) is 9.80 Å². The molecule has 1 aliphatic heterocycles. The Kier molecular flexibility index (Phi) is 5.60. The zero-order chi connectivity index (χ0) is 19.5. The topological polar surface area (TPSA) is 19.4 Å². The average molecular weight is 386 g/mol. The van der Waals surface area contributed by atoms with Crippen LogP contribution in [0.25, 0.3) is 22.2 Å². The van der Waals surface area contributed by atoms with Gasteiger partial charge in [0.1, 0.15) is 0 Å². The van der Waals surface area contributed by atoms with Gasteiger partial charge in [-0.05, 0) is 30.5 Å². The summed E-state index contributed by atoms with van der Waals surface area (Å²) in [6.45, 7) is 5.74. The highest BCUT2D eigenvalue weighted by atomic mass is 15.3. The Hall–Kier alpha value is -2.23. The second-order valence-electron chi connectivity index (χ2n) is 8.66. The molecule has 2 aromatic carbocycles. The van der Waals surface area contributed by atoms with Gasteiger partial charge in [0.15, 0.2) is 0 Å². The first-order valence-corrected chi connectivity index (χ1v) is 11.3. The summed E-state index contributed by atoms with van der Waals surface area (Å²) in [5.74, 6) is 0. The third-order valence-electron chi connectivity index (χ3n) is 6.74. The Labute approximate surface area is 174 Å². The molecule has 1 saturated carbocycles. The van der Waals surface area contributed by atoms with Crippen LogP contribution in [-0.4, -0.2) is 47.0 Å². The van der Waals surface area contributed by atoms with Crippen molar-refractivity contribution in [2.75, 3.05) is 26.2 Å². The van der Waals surface area contributed by atoms with E-state index in [0.29, 0.717) is 0 Å². The minimum Gasteiger partial charge on any atom is -0.298 e. The average Bonchev–Trinajstić information content (AvgIpc) is 2.80. The van der Waals surface area contributed by atoms with Gasteiger partial charge >= 0.3 is 0 Å². The first-order chi connectivity index (χ1) is 14.4. The molecule has 0 bridgehead atoms. The molecule has 0 amide bonds. The van der Waals surface area contributed by atoms with Gasteiger partial charge in [-0.1, -0.05) is 67.8 Å². The summed E-state index contributed by atoms with van der Waals surface area (Å²) in [6.07, 6.45) is 7.11. The normalized spacial score (nSPS) is 19.6. The van der Waals surface area contributed by atoms with Gasteiger partial charge < -0.3 is 0 Å². The first kappa shape index (κ1) is 18.8. The highest BCUT2D eigenvalue weighted by Gasteiger charge is 2.25. The van der Waals surface area contributed by atoms with Gasteiger partial charge in [0.05, 0.1) is 11.2 Å². The van der Waals surface area contributed by atoms with Crippen molar-refractivity contribution in [1.29, 1.82) is 0 Å². The maximum absolute atomic E-state index is 5.06. The van der Waals surface area contributed by atoms with Crippen LogP contribution < -0.4 is 0 Å². The molecule has 1 aliphatic carbocycles. The summed E-state index contributed by atoms with van der Waals surface area (Å²) in [5.41, 5.74) is 4.78. The van der Waals surface area contributed by atoms with Crippen molar-refractivity contribution in [3.05, 3.63) is 66.2 Å². The van der Waals surface area contributed by atoms with E-state index in [2.05, 4.69) is 70.5 Å². The van der Waals surface area contributed by atoms with E-state index in [9.17, 15) is 0 Å². The Morgan fingerprint density at radius 2 is 1.52 bits per heavy atom. The van der Waals surface area contributed by atoms with Crippen LogP contribution in [0.4, 0.5) is 0 Å². The van der Waals surface area contributed by atoms with E-state index in [4.69, 9.17) is 4.98 Å². The SMILES string of the molecule is c1ccc(-c2nc3ccccc3cc2CN2CCN(C3CCCCC3)CC2)cc1. The standard InChI is InChI=1S/C26H31N3/c1-3-9-21(10-4-1)26-23(19-22-11-7-8-14-25(22)27-26)20-28-15-17-29(18-16-28)24-12-5-2-6-13-24/h1,3-4,7-11,14,19,24H,2,5-6,12-13,15-18,20H2. The lowest BCUT2D eigenvalue weighted by molar-refractivity contribution is 0.0755. The maximum Gasteiger partial charge on any atom is 0.0754 e. The zero-order valence-electron chi connectivity index (χ0n) is 17.3. The van der Waals surface area contributed by atoms with Crippen LogP contribution in [0.15, 0.2) is 60.7 Å². The lowest BCUT2D eigenvalue weighted by Crippen LogP contribution is -2.50. The van der Waals surface area contributed by atoms with E-state index in [1.165, 1.54) is 61.7 Å². The first-order valence-electron chi connectivity index (χ1n) is 11.3. The Morgan fingerprint density at radius 3 is 2.31 bits per heavy atom. The van der Waals surface area contributed by atoms with Crippen molar-refractivity contribution < 1.29 is 0 Å². The predicted molar refractivity (Wildman–Crippen MR) is 121 cm³/mol. The van der Waals surface area contributed by atoms with Crippen molar-refractivity contribution in [3.63, 3.8) is 0 Å². The molecule has 2 aliphatic rings. The second kappa shape index (κ2) is 8.64. The Morgan fingerprint density at radius 1 is 0.793 bits per heavy atom. The Bertz CT molecular complexity index is 939. The number of para-hydroxylation sites is 1. The second-order valence-corrected chi connectivity index (χ2v) is 8.66. The molecule has 2 heterocycles. The highest BCUT2D eigenvalue weighted by Crippen LogP contribution is 2.28. The fourth-order valence-corrected chi connectivity index (χ4v) is 5.10. The Balaban J connectivity index is 1.36. The molecule has 5 rings (SSSR count). The van der Waals surface area contributed by atoms with E-state index in [-0.39, 0.29) is 0 Å². The molecule has 3 nitrogen and oxygen atoms in total. The fraction of sp³-hybridized carbons (Fsp3) is 0.423. The summed E-state index contributed by atoms with van der Waals surface area (Å²) < 4.78 is 0. The van der Waals surface area contributed by atoms with Crippen LogP contribution in [0.3, 0.4) is 0 Å². The number of pyridine rings is 1. The summed E-state index contributed by atoms with van der Waals surface area (Å²) >= 11 is 0. The minimum atomic E-state index is 0.841. The molecule has 1 saturated heterocycles. The monoisotopic (exact) mass is 385 g/mol. The van der Waals surface area contributed by atoms with Crippen molar-refractivity contribution in [3.8, 4) is 11.3 Å². The number of aromatic nitrogens is 1. The van der Waals surface area contributed by atoms with E-state index in [0.717, 1.165) is 36.9 Å². The molecule has 0 radical (unpaired) electrons. The number of piperazine rings is 1. The van der Waals surface area contributed by atoms with Crippen LogP contribution in [0.5, 0.6) is 0 Å². The molecular weight excluding hydrogens is 354 g/mol. The summed E-state index contributed by atoms with van der Waals surface area (Å²) in [7, 11) is 0. The molecule has 0 spiro atoms. The van der Waals surface area contributed by atoms with E-state index < -0.39 is 0 Å². The lowest BCUT2D eigenvalue weighted by Gasteiger charge is -2.40. The van der Waals surface area contributed by atoms with Crippen LogP contribution in [0, 0.1) is 0 Å². The number of benzene rings is 2. The number of rotatable bonds is 4. The third-order valence-corrected chi connectivity index (χ3v) is 6.74. The van der Waals surface area contributed by atoms with Gasteiger partial charge in [-0.25, -0.2) is 4.98 Å². The molecule has 0 atom stereocenters. The van der Waals surface area contributed by atoms with Crippen molar-refractivity contribution in [2.45, 2.75) is 44.7 Å². The lowest BCUT2D eigenvalue weighted by atomic mass is 9.94. The van der Waals surface area contributed by atoms with Crippen LogP contribution in [0.1, 0.15) is 37.7 Å². The van der Waals surface area contributed by atoms with E-state index in [1.54, 1.807) is 0 Å². The number of fused-ring (bicyclic) bond motifs is 1. The number of nitrogens with zero attached hydrogens (tertiary/aromatic N) is 3. The molecule has 2 fully saturated rings. The molecule has 3 aromatic rings. The van der Waals surface area contributed by atoms with Crippen LogP contribution in [0.2, 0.25) is 0 Å². The predicted octanol–water partition coefficient (Wildman–Crippen LogP) is 5.35. The van der Waals surface area contributed by atoms with E-state index >= 15 is 0 Å². The van der Waals surface area contributed by atoms with Crippen LogP contribution >= 0.6 is 0 Å². The molecule has 3 heteroatoms. The number of hydrogen-bond donors (Lipinski definition) is 0. The van der Waals surface area contributed by atoms with E-state index in [1.807, 2.05) is 0 Å². The molecular formula is C26H31N3. The quantitative estimate of drug-likeness (QED) is 0.603. The molecule has 0 N–H and O–H groups in total. The molecule has 0 unspecified atom stereocenters. The third kappa shape index (κ3) is 4.22. The van der Waals surface area contributed by atoms with Gasteiger partial charge in [0, 0.05) is 49.7 Å². The summed E-state index contributed by atoms with van der Waals surface area (Å²) in [6, 6.07) is 22.4. The molecule has 29 heavy (non-hydrogen) atoms. The van der Waals surface area contributed by atoms with Gasteiger partial charge in [0.25, 0.3) is 0 Å². The summed E-state index contributed by atoms with van der Waals surface area (Å²) in [5, 5.41) is 1.24. The van der Waals surface area contributed by atoms with Gasteiger partial charge in [-0.15, -0.1) is 0 Å². The van der Waals surface area contributed by atoms with Crippen molar-refractivity contribution >= 4 is 10.9 Å². The molecule has 150 valence electrons. The van der Waals surface area contributed by atoms with Gasteiger partial charge in [0.2, 0.25) is 0 Å². The number of hydrogen-bond acceptors (Lipinski definition) is 3. The smallest absolute Gasteiger partial charge is 0.0754 e. The zero-order valence-corrected chi connectivity index (χ0v) is 17.3. The fourth-order valence-electron chi connectivity index (χ4n) is 5.10.